The predicted octanol–water partition coefficient (Wildman–Crippen LogP) is 2.64. The molecule has 0 spiro atoms. The average Bonchev–Trinajstić information content (AvgIpc) is 2.34. The quantitative estimate of drug-likeness (QED) is 0.743. The third kappa shape index (κ3) is 5.30. The van der Waals surface area contributed by atoms with Crippen LogP contribution < -0.4 is 11.1 Å². The Morgan fingerprint density at radius 2 is 1.89 bits per heavy atom. The van der Waals surface area contributed by atoms with Crippen LogP contribution in [0.4, 0.5) is 11.4 Å². The molecule has 0 aliphatic heterocycles. The molecule has 0 aliphatic rings. The van der Waals surface area contributed by atoms with Crippen LogP contribution in [0.3, 0.4) is 0 Å². The van der Waals surface area contributed by atoms with Gasteiger partial charge in [-0.15, -0.1) is 0 Å². The van der Waals surface area contributed by atoms with E-state index in [4.69, 9.17) is 5.73 Å². The first-order valence-corrected chi connectivity index (χ1v) is 6.95. The number of hydrogen-bond acceptors (Lipinski definition) is 3. The number of benzene rings is 1. The number of nitrogen functional groups attached to an aromatic ring is 1. The molecular formula is C15H25N3O. The first-order chi connectivity index (χ1) is 9.06. The molecule has 4 heteroatoms. The highest BCUT2D eigenvalue weighted by Crippen LogP contribution is 2.16. The Morgan fingerprint density at radius 1 is 1.26 bits per heavy atom. The fourth-order valence-electron chi connectivity index (χ4n) is 2.02. The maximum Gasteiger partial charge on any atom is 0.238 e. The van der Waals surface area contributed by atoms with E-state index in [1.54, 1.807) is 6.07 Å². The van der Waals surface area contributed by atoms with Crippen molar-refractivity contribution in [2.45, 2.75) is 33.6 Å². The van der Waals surface area contributed by atoms with Crippen molar-refractivity contribution in [2.75, 3.05) is 30.7 Å². The Bertz CT molecular complexity index is 412. The largest absolute Gasteiger partial charge is 0.398 e. The minimum atomic E-state index is 0.0187. The zero-order chi connectivity index (χ0) is 14.3. The molecule has 1 aromatic carbocycles. The van der Waals surface area contributed by atoms with Gasteiger partial charge in [0.1, 0.15) is 0 Å². The van der Waals surface area contributed by atoms with Gasteiger partial charge in [-0.2, -0.15) is 0 Å². The second-order valence-corrected chi connectivity index (χ2v) is 4.90. The maximum absolute atomic E-state index is 12.0. The van der Waals surface area contributed by atoms with E-state index in [9.17, 15) is 4.79 Å². The second kappa shape index (κ2) is 7.79. The molecule has 1 aromatic rings. The number of carbonyl (C=O) groups is 1. The maximum atomic E-state index is 12.0. The highest BCUT2D eigenvalue weighted by atomic mass is 16.2. The van der Waals surface area contributed by atoms with Crippen LogP contribution in [0, 0.1) is 6.92 Å². The van der Waals surface area contributed by atoms with Crippen molar-refractivity contribution in [3.8, 4) is 0 Å². The van der Waals surface area contributed by atoms with Crippen LogP contribution in [0.25, 0.3) is 0 Å². The number of hydrogen-bond donors (Lipinski definition) is 2. The number of nitrogens with zero attached hydrogens (tertiary/aromatic N) is 1. The van der Waals surface area contributed by atoms with Crippen LogP contribution in [0.5, 0.6) is 0 Å². The summed E-state index contributed by atoms with van der Waals surface area (Å²) < 4.78 is 0. The topological polar surface area (TPSA) is 58.4 Å². The van der Waals surface area contributed by atoms with Gasteiger partial charge in [-0.1, -0.05) is 19.9 Å². The molecule has 1 rings (SSSR count). The summed E-state index contributed by atoms with van der Waals surface area (Å²) in [6.07, 6.45) is 2.12. The Labute approximate surface area is 116 Å². The summed E-state index contributed by atoms with van der Waals surface area (Å²) in [5.41, 5.74) is 8.33. The summed E-state index contributed by atoms with van der Waals surface area (Å²) in [7, 11) is 0. The van der Waals surface area contributed by atoms with E-state index in [0.29, 0.717) is 12.2 Å². The number of anilines is 2. The molecule has 0 saturated carbocycles. The zero-order valence-corrected chi connectivity index (χ0v) is 12.2. The number of aryl methyl sites for hydroxylation is 1. The van der Waals surface area contributed by atoms with Crippen LogP contribution in [0.2, 0.25) is 0 Å². The fraction of sp³-hybridized carbons (Fsp3) is 0.533. The lowest BCUT2D eigenvalue weighted by molar-refractivity contribution is -0.117. The number of rotatable bonds is 7. The van der Waals surface area contributed by atoms with Crippen LogP contribution in [-0.4, -0.2) is 30.4 Å². The number of amides is 1. The van der Waals surface area contributed by atoms with Gasteiger partial charge in [0, 0.05) is 11.4 Å². The third-order valence-corrected chi connectivity index (χ3v) is 3.01. The molecule has 19 heavy (non-hydrogen) atoms. The molecule has 3 N–H and O–H groups in total. The van der Waals surface area contributed by atoms with Crippen molar-refractivity contribution in [3.63, 3.8) is 0 Å². The number of carbonyl (C=O) groups excluding carboxylic acids is 1. The van der Waals surface area contributed by atoms with Crippen molar-refractivity contribution in [3.05, 3.63) is 23.8 Å². The molecule has 0 saturated heterocycles. The minimum absolute atomic E-state index is 0.0187. The van der Waals surface area contributed by atoms with E-state index >= 15 is 0 Å². The predicted molar refractivity (Wildman–Crippen MR) is 81.2 cm³/mol. The van der Waals surface area contributed by atoms with Gasteiger partial charge >= 0.3 is 0 Å². The van der Waals surface area contributed by atoms with E-state index in [1.807, 2.05) is 19.1 Å². The van der Waals surface area contributed by atoms with Gasteiger partial charge in [0.2, 0.25) is 5.91 Å². The summed E-state index contributed by atoms with van der Waals surface area (Å²) in [6.45, 7) is 8.55. The Hall–Kier alpha value is -1.55. The van der Waals surface area contributed by atoms with Gasteiger partial charge in [-0.3, -0.25) is 9.69 Å². The van der Waals surface area contributed by atoms with Crippen molar-refractivity contribution in [1.82, 2.24) is 4.90 Å². The molecule has 106 valence electrons. The Morgan fingerprint density at radius 3 is 2.42 bits per heavy atom. The molecular weight excluding hydrogens is 238 g/mol. The molecule has 4 nitrogen and oxygen atoms in total. The lowest BCUT2D eigenvalue weighted by Crippen LogP contribution is -2.34. The zero-order valence-electron chi connectivity index (χ0n) is 12.2. The lowest BCUT2D eigenvalue weighted by atomic mass is 10.2. The van der Waals surface area contributed by atoms with Crippen molar-refractivity contribution < 1.29 is 4.79 Å². The molecule has 0 aromatic heterocycles. The van der Waals surface area contributed by atoms with E-state index in [0.717, 1.165) is 37.2 Å². The highest BCUT2D eigenvalue weighted by Gasteiger charge is 2.09. The first-order valence-electron chi connectivity index (χ1n) is 6.95. The molecule has 0 unspecified atom stereocenters. The monoisotopic (exact) mass is 263 g/mol. The summed E-state index contributed by atoms with van der Waals surface area (Å²) in [5, 5.41) is 2.90. The highest BCUT2D eigenvalue weighted by molar-refractivity contribution is 5.92. The van der Waals surface area contributed by atoms with Crippen LogP contribution in [-0.2, 0) is 4.79 Å². The number of nitrogens with one attached hydrogen (secondary N) is 1. The summed E-state index contributed by atoms with van der Waals surface area (Å²) in [5.74, 6) is 0.0187. The summed E-state index contributed by atoms with van der Waals surface area (Å²) in [6, 6.07) is 5.60. The van der Waals surface area contributed by atoms with Crippen molar-refractivity contribution in [1.29, 1.82) is 0 Å². The van der Waals surface area contributed by atoms with Gasteiger partial charge < -0.3 is 11.1 Å². The van der Waals surface area contributed by atoms with Gasteiger partial charge in [0.05, 0.1) is 6.54 Å². The molecule has 0 fully saturated rings. The molecule has 0 atom stereocenters. The lowest BCUT2D eigenvalue weighted by Gasteiger charge is -2.20. The molecule has 0 heterocycles. The molecule has 0 aliphatic carbocycles. The van der Waals surface area contributed by atoms with E-state index in [2.05, 4.69) is 24.1 Å². The Kier molecular flexibility index (Phi) is 6.36. The van der Waals surface area contributed by atoms with Gasteiger partial charge in [-0.25, -0.2) is 0 Å². The standard InChI is InChI=1S/C15H25N3O/c1-4-8-18(9-5-2)11-15(19)17-13-7-6-12(3)14(16)10-13/h6-7,10H,4-5,8-9,11,16H2,1-3H3,(H,17,19). The van der Waals surface area contributed by atoms with Crippen molar-refractivity contribution >= 4 is 17.3 Å². The van der Waals surface area contributed by atoms with Gasteiger partial charge in [0.25, 0.3) is 0 Å². The average molecular weight is 263 g/mol. The van der Waals surface area contributed by atoms with Crippen LogP contribution in [0.15, 0.2) is 18.2 Å². The summed E-state index contributed by atoms with van der Waals surface area (Å²) in [4.78, 5) is 14.1. The number of nitrogens with two attached hydrogens (primary N) is 1. The molecule has 0 bridgehead atoms. The third-order valence-electron chi connectivity index (χ3n) is 3.01. The smallest absolute Gasteiger partial charge is 0.238 e. The van der Waals surface area contributed by atoms with Crippen LogP contribution >= 0.6 is 0 Å². The van der Waals surface area contributed by atoms with Crippen molar-refractivity contribution in [2.24, 2.45) is 0 Å². The van der Waals surface area contributed by atoms with Gasteiger partial charge in [0.15, 0.2) is 0 Å². The second-order valence-electron chi connectivity index (χ2n) is 4.90. The summed E-state index contributed by atoms with van der Waals surface area (Å²) >= 11 is 0. The normalized spacial score (nSPS) is 10.7. The van der Waals surface area contributed by atoms with E-state index in [-0.39, 0.29) is 5.91 Å². The molecule has 1 amide bonds. The first kappa shape index (κ1) is 15.5. The Balaban J connectivity index is 2.55. The fourth-order valence-corrected chi connectivity index (χ4v) is 2.02. The van der Waals surface area contributed by atoms with E-state index in [1.165, 1.54) is 0 Å². The van der Waals surface area contributed by atoms with Gasteiger partial charge in [-0.05, 0) is 50.6 Å². The van der Waals surface area contributed by atoms with Crippen LogP contribution in [0.1, 0.15) is 32.3 Å². The minimum Gasteiger partial charge on any atom is -0.398 e. The SMILES string of the molecule is CCCN(CCC)CC(=O)Nc1ccc(C)c(N)c1. The van der Waals surface area contributed by atoms with E-state index < -0.39 is 0 Å². The molecule has 0 radical (unpaired) electrons.